The Hall–Kier alpha value is -2.66. The zero-order valence-electron chi connectivity index (χ0n) is 14.5. The Balaban J connectivity index is 0.00000392. The number of urea groups is 4. The van der Waals surface area contributed by atoms with Gasteiger partial charge in [-0.2, -0.15) is 0 Å². The summed E-state index contributed by atoms with van der Waals surface area (Å²) in [4.78, 5) is 70.0. The van der Waals surface area contributed by atoms with Crippen LogP contribution in [0.1, 0.15) is 0 Å². The Kier molecular flexibility index (Phi) is 8.38. The van der Waals surface area contributed by atoms with Gasteiger partial charge in [-0.25, -0.2) is 19.2 Å². The Morgan fingerprint density at radius 3 is 1.79 bits per heavy atom. The summed E-state index contributed by atoms with van der Waals surface area (Å²) in [7, 11) is 0. The molecule has 0 spiro atoms. The molecule has 2 aliphatic rings. The molecule has 0 bridgehead atoms. The third-order valence-electron chi connectivity index (χ3n) is 3.43. The number of aliphatic hydroxyl groups is 1. The summed E-state index contributed by atoms with van der Waals surface area (Å²) in [5.74, 6) is -1.75. The van der Waals surface area contributed by atoms with Gasteiger partial charge in [0.2, 0.25) is 0 Å². The number of imide groups is 2. The van der Waals surface area contributed by atoms with Crippen LogP contribution in [-0.2, 0) is 9.59 Å². The van der Waals surface area contributed by atoms with Crippen LogP contribution in [0.4, 0.5) is 19.2 Å². The van der Waals surface area contributed by atoms with Gasteiger partial charge < -0.3 is 36.4 Å². The van der Waals surface area contributed by atoms with Gasteiger partial charge in [0, 0.05) is 0 Å². The minimum absolute atomic E-state index is 0. The first-order chi connectivity index (χ1) is 12.8. The molecule has 0 saturated carbocycles. The molecule has 148 valence electrons. The van der Waals surface area contributed by atoms with E-state index >= 15 is 0 Å². The van der Waals surface area contributed by atoms with Crippen LogP contribution < -0.4 is 66.6 Å². The zero-order chi connectivity index (χ0) is 20.1. The molecule has 16 nitrogen and oxygen atoms in total. The van der Waals surface area contributed by atoms with E-state index in [1.54, 1.807) is 0 Å². The van der Waals surface area contributed by atoms with Crippen molar-refractivity contribution in [3.05, 3.63) is 0 Å². The largest absolute Gasteiger partial charge is 1.00 e. The Morgan fingerprint density at radius 1 is 0.929 bits per heavy atom. The molecule has 2 saturated heterocycles. The Labute approximate surface area is 178 Å². The van der Waals surface area contributed by atoms with Crippen molar-refractivity contribution >= 4 is 35.9 Å². The fourth-order valence-corrected chi connectivity index (χ4v) is 2.13. The second-order valence-electron chi connectivity index (χ2n) is 5.08. The van der Waals surface area contributed by atoms with Gasteiger partial charge in [-0.05, 0) is 0 Å². The molecule has 2 atom stereocenters. The van der Waals surface area contributed by atoms with Crippen LogP contribution in [0.5, 0.6) is 0 Å². The molecule has 17 heteroatoms. The predicted octanol–water partition coefficient (Wildman–Crippen LogP) is -8.43. The molecule has 2 aliphatic heterocycles. The van der Waals surface area contributed by atoms with E-state index in [4.69, 9.17) is 5.11 Å². The average molecular weight is 410 g/mol. The molecule has 0 aliphatic carbocycles. The van der Waals surface area contributed by atoms with Gasteiger partial charge in [-0.1, -0.05) is 6.73 Å². The summed E-state index contributed by atoms with van der Waals surface area (Å²) in [5.41, 5.74) is 0. The molecule has 0 aromatic carbocycles. The maximum absolute atomic E-state index is 11.7. The first kappa shape index (κ1) is 23.4. The van der Waals surface area contributed by atoms with Crippen molar-refractivity contribution in [3.8, 4) is 0 Å². The molecule has 7 N–H and O–H groups in total. The number of nitrogens with one attached hydrogen (secondary N) is 6. The molecule has 0 aromatic heterocycles. The van der Waals surface area contributed by atoms with Crippen molar-refractivity contribution in [2.45, 2.75) is 12.3 Å². The van der Waals surface area contributed by atoms with Gasteiger partial charge in [-0.3, -0.25) is 25.1 Å². The number of carbonyl (C=O) groups excluding carboxylic acids is 6. The molecule has 2 unspecified atom stereocenters. The SMILES string of the molecule is O=C(NCNC(=O)NC1C(=O)NC(=O)N1CO)NC1C(=O)NC(=O)N1C[O-].[Na+]. The van der Waals surface area contributed by atoms with Crippen molar-refractivity contribution in [2.75, 3.05) is 20.1 Å². The predicted molar refractivity (Wildman–Crippen MR) is 78.5 cm³/mol. The van der Waals surface area contributed by atoms with Gasteiger partial charge in [0.15, 0.2) is 12.3 Å². The smallest absolute Gasteiger partial charge is 0.839 e. The second kappa shape index (κ2) is 10.0. The first-order valence-corrected chi connectivity index (χ1v) is 7.29. The van der Waals surface area contributed by atoms with E-state index in [0.29, 0.717) is 9.80 Å². The third kappa shape index (κ3) is 5.20. The average Bonchev–Trinajstić information content (AvgIpc) is 3.02. The normalized spacial score (nSPS) is 20.9. The standard InChI is InChI=1S/C11H15N8O8.Na/c20-2-18-4(6(22)16-10(18)26)14-8(24)12-1-13-9(25)15-5-7(23)17-11(27)19(5)3-21;/h4-5,20H,1-3H2,(H2,12,14,24)(H2,13,15,25)(H,16,22,26)(H,17,23,27);/q-1;+1. The number of hydrogen-bond donors (Lipinski definition) is 7. The van der Waals surface area contributed by atoms with Crippen LogP contribution in [0.25, 0.3) is 0 Å². The fraction of sp³-hybridized carbons (Fsp3) is 0.455. The van der Waals surface area contributed by atoms with Crippen LogP contribution in [-0.4, -0.2) is 83.3 Å². The summed E-state index contributed by atoms with van der Waals surface area (Å²) in [6.07, 6.45) is -2.93. The van der Waals surface area contributed by atoms with Gasteiger partial charge >= 0.3 is 53.7 Å². The van der Waals surface area contributed by atoms with Crippen LogP contribution in [0.15, 0.2) is 0 Å². The van der Waals surface area contributed by atoms with Crippen LogP contribution in [0.2, 0.25) is 0 Å². The Morgan fingerprint density at radius 2 is 1.36 bits per heavy atom. The van der Waals surface area contributed by atoms with E-state index in [2.05, 4.69) is 21.3 Å². The van der Waals surface area contributed by atoms with Crippen molar-refractivity contribution in [1.82, 2.24) is 41.7 Å². The topological polar surface area (TPSA) is 224 Å². The van der Waals surface area contributed by atoms with Gasteiger partial charge in [0.25, 0.3) is 11.8 Å². The Bertz CT molecular complexity index is 634. The second-order valence-corrected chi connectivity index (χ2v) is 5.08. The minimum Gasteiger partial charge on any atom is -0.839 e. The monoisotopic (exact) mass is 410 g/mol. The van der Waals surface area contributed by atoms with E-state index < -0.39 is 68.4 Å². The number of nitrogens with zero attached hydrogens (tertiary/aromatic N) is 2. The fourth-order valence-electron chi connectivity index (χ4n) is 2.13. The minimum atomic E-state index is -1.49. The van der Waals surface area contributed by atoms with E-state index in [1.165, 1.54) is 0 Å². The maximum Gasteiger partial charge on any atom is 1.00 e. The van der Waals surface area contributed by atoms with Crippen LogP contribution in [0.3, 0.4) is 0 Å². The van der Waals surface area contributed by atoms with E-state index in [0.717, 1.165) is 0 Å². The van der Waals surface area contributed by atoms with Crippen molar-refractivity contribution < 1.29 is 68.5 Å². The summed E-state index contributed by atoms with van der Waals surface area (Å²) < 4.78 is 0. The molecule has 2 fully saturated rings. The van der Waals surface area contributed by atoms with Gasteiger partial charge in [0.05, 0.1) is 6.67 Å². The van der Waals surface area contributed by atoms with Crippen LogP contribution in [0, 0.1) is 0 Å². The third-order valence-corrected chi connectivity index (χ3v) is 3.43. The van der Waals surface area contributed by atoms with Gasteiger partial charge in [0.1, 0.15) is 6.73 Å². The summed E-state index contributed by atoms with van der Waals surface area (Å²) >= 11 is 0. The van der Waals surface area contributed by atoms with Crippen molar-refractivity contribution in [1.29, 1.82) is 0 Å². The zero-order valence-corrected chi connectivity index (χ0v) is 16.5. The summed E-state index contributed by atoms with van der Waals surface area (Å²) in [5, 5.41) is 32.0. The van der Waals surface area contributed by atoms with Gasteiger partial charge in [-0.15, -0.1) is 0 Å². The molecule has 0 radical (unpaired) electrons. The van der Waals surface area contributed by atoms with E-state index in [1.807, 2.05) is 10.6 Å². The molecular weight excluding hydrogens is 395 g/mol. The molecule has 28 heavy (non-hydrogen) atoms. The van der Waals surface area contributed by atoms with E-state index in [9.17, 15) is 33.9 Å². The number of hydrogen-bond acceptors (Lipinski definition) is 8. The van der Waals surface area contributed by atoms with E-state index in [-0.39, 0.29) is 29.6 Å². The summed E-state index contributed by atoms with van der Waals surface area (Å²) in [6, 6.07) is -3.78. The van der Waals surface area contributed by atoms with Crippen molar-refractivity contribution in [2.24, 2.45) is 0 Å². The number of carbonyl (C=O) groups is 6. The maximum atomic E-state index is 11.7. The number of rotatable bonds is 6. The first-order valence-electron chi connectivity index (χ1n) is 7.29. The summed E-state index contributed by atoms with van der Waals surface area (Å²) in [6.45, 7) is -2.35. The number of amides is 10. The molecular formula is C11H15N8NaO8. The quantitative estimate of drug-likeness (QED) is 0.126. The van der Waals surface area contributed by atoms with Crippen LogP contribution >= 0.6 is 0 Å². The molecule has 10 amide bonds. The van der Waals surface area contributed by atoms with Crippen molar-refractivity contribution in [3.63, 3.8) is 0 Å². The molecule has 2 heterocycles. The number of aliphatic hydroxyl groups excluding tert-OH is 1. The molecule has 2 rings (SSSR count). The molecule has 0 aromatic rings.